The first kappa shape index (κ1) is 15.3. The molecule has 1 aromatic rings. The summed E-state index contributed by atoms with van der Waals surface area (Å²) in [5, 5.41) is 10.3. The Morgan fingerprint density at radius 3 is 2.47 bits per heavy atom. The molecule has 0 bridgehead atoms. The number of benzene rings is 1. The predicted molar refractivity (Wildman–Crippen MR) is 78.0 cm³/mol. The summed E-state index contributed by atoms with van der Waals surface area (Å²) in [4.78, 5) is 0.830. The Balaban J connectivity index is 2.60. The minimum absolute atomic E-state index is 0.134. The Kier molecular flexibility index (Phi) is 6.86. The van der Waals surface area contributed by atoms with E-state index in [1.165, 1.54) is 19.3 Å². The summed E-state index contributed by atoms with van der Waals surface area (Å²) in [6, 6.07) is 1.66. The van der Waals surface area contributed by atoms with E-state index in [1.807, 2.05) is 0 Å². The highest BCUT2D eigenvalue weighted by atomic mass is 35.5. The molecule has 5 heteroatoms. The molecule has 0 amide bonds. The Morgan fingerprint density at radius 2 is 1.82 bits per heavy atom. The predicted octanol–water partition coefficient (Wildman–Crippen LogP) is 6.02. The Labute approximate surface area is 121 Å². The molecule has 0 unspecified atom stereocenters. The highest BCUT2D eigenvalue weighted by Gasteiger charge is 2.13. The van der Waals surface area contributed by atoms with E-state index >= 15 is 0 Å². The number of phenolic OH excluding ortho intramolecular Hbond substituents is 1. The van der Waals surface area contributed by atoms with Crippen molar-refractivity contribution in [3.8, 4) is 5.75 Å². The third-order valence-electron chi connectivity index (χ3n) is 2.36. The molecule has 1 N–H and O–H groups in total. The molecule has 17 heavy (non-hydrogen) atoms. The van der Waals surface area contributed by atoms with Crippen molar-refractivity contribution in [2.24, 2.45) is 0 Å². The van der Waals surface area contributed by atoms with Crippen molar-refractivity contribution in [3.05, 3.63) is 21.1 Å². The van der Waals surface area contributed by atoms with E-state index in [1.54, 1.807) is 17.8 Å². The Morgan fingerprint density at radius 1 is 1.12 bits per heavy atom. The van der Waals surface area contributed by atoms with Crippen molar-refractivity contribution < 1.29 is 5.11 Å². The number of hydrogen-bond donors (Lipinski definition) is 1. The molecule has 0 saturated heterocycles. The molecule has 0 spiro atoms. The largest absolute Gasteiger partial charge is 0.505 e. The number of phenols is 1. The van der Waals surface area contributed by atoms with Crippen molar-refractivity contribution in [1.82, 2.24) is 0 Å². The smallest absolute Gasteiger partial charge is 0.154 e. The van der Waals surface area contributed by atoms with Crippen molar-refractivity contribution in [1.29, 1.82) is 0 Å². The zero-order chi connectivity index (χ0) is 12.8. The lowest BCUT2D eigenvalue weighted by Gasteiger charge is -2.08. The first-order chi connectivity index (χ1) is 8.07. The van der Waals surface area contributed by atoms with Crippen LogP contribution in [0.1, 0.15) is 32.6 Å². The fraction of sp³-hybridized carbons (Fsp3) is 0.500. The molecule has 0 atom stereocenters. The van der Waals surface area contributed by atoms with E-state index in [4.69, 9.17) is 34.8 Å². The summed E-state index contributed by atoms with van der Waals surface area (Å²) in [6.45, 7) is 2.18. The third kappa shape index (κ3) is 4.44. The maximum absolute atomic E-state index is 9.50. The van der Waals surface area contributed by atoms with Crippen LogP contribution < -0.4 is 0 Å². The van der Waals surface area contributed by atoms with E-state index in [0.29, 0.717) is 5.02 Å². The van der Waals surface area contributed by atoms with E-state index in [-0.39, 0.29) is 15.8 Å². The van der Waals surface area contributed by atoms with Gasteiger partial charge in [-0.2, -0.15) is 0 Å². The van der Waals surface area contributed by atoms with Gasteiger partial charge in [-0.25, -0.2) is 0 Å². The van der Waals surface area contributed by atoms with E-state index in [0.717, 1.165) is 17.1 Å². The highest BCUT2D eigenvalue weighted by Crippen LogP contribution is 2.43. The second kappa shape index (κ2) is 7.63. The zero-order valence-electron chi connectivity index (χ0n) is 9.60. The maximum Gasteiger partial charge on any atom is 0.154 e. The van der Waals surface area contributed by atoms with Crippen molar-refractivity contribution >= 4 is 46.6 Å². The second-order valence-electron chi connectivity index (χ2n) is 3.74. The molecule has 1 rings (SSSR count). The van der Waals surface area contributed by atoms with Gasteiger partial charge in [0.25, 0.3) is 0 Å². The molecular formula is C12H15Cl3OS. The van der Waals surface area contributed by atoms with Crippen LogP contribution in [-0.4, -0.2) is 10.9 Å². The zero-order valence-corrected chi connectivity index (χ0v) is 12.7. The molecule has 0 fully saturated rings. The normalized spacial score (nSPS) is 10.8. The number of unbranched alkanes of at least 4 members (excludes halogenated alkanes) is 3. The fourth-order valence-electron chi connectivity index (χ4n) is 1.38. The monoisotopic (exact) mass is 312 g/mol. The minimum Gasteiger partial charge on any atom is -0.505 e. The van der Waals surface area contributed by atoms with Gasteiger partial charge in [0.05, 0.1) is 10.0 Å². The first-order valence-electron chi connectivity index (χ1n) is 5.57. The van der Waals surface area contributed by atoms with Gasteiger partial charge in [0.2, 0.25) is 0 Å². The molecule has 0 aliphatic carbocycles. The third-order valence-corrected chi connectivity index (χ3v) is 4.74. The van der Waals surface area contributed by atoms with Gasteiger partial charge in [-0.15, -0.1) is 11.8 Å². The molecule has 96 valence electrons. The van der Waals surface area contributed by atoms with Gasteiger partial charge in [-0.1, -0.05) is 61.0 Å². The summed E-state index contributed by atoms with van der Waals surface area (Å²) in [5.74, 6) is 0.839. The van der Waals surface area contributed by atoms with Gasteiger partial charge in [0.1, 0.15) is 5.02 Å². The van der Waals surface area contributed by atoms with Crippen LogP contribution in [0.2, 0.25) is 15.1 Å². The fourth-order valence-corrected chi connectivity index (χ4v) is 3.26. The number of hydrogen-bond acceptors (Lipinski definition) is 2. The van der Waals surface area contributed by atoms with Crippen LogP contribution in [0.3, 0.4) is 0 Å². The summed E-state index contributed by atoms with van der Waals surface area (Å²) in [6.07, 6.45) is 4.85. The Hall–Kier alpha value is 0.240. The number of halogens is 3. The SMILES string of the molecule is CCCCCCSc1cc(Cl)c(O)c(Cl)c1Cl. The van der Waals surface area contributed by atoms with Crippen LogP contribution in [0.4, 0.5) is 0 Å². The van der Waals surface area contributed by atoms with E-state index in [2.05, 4.69) is 6.92 Å². The number of aromatic hydroxyl groups is 1. The lowest BCUT2D eigenvalue weighted by Crippen LogP contribution is -1.84. The Bertz CT molecular complexity index is 383. The average molecular weight is 314 g/mol. The molecule has 0 radical (unpaired) electrons. The summed E-state index contributed by atoms with van der Waals surface area (Å²) in [7, 11) is 0. The second-order valence-corrected chi connectivity index (χ2v) is 6.04. The molecule has 0 aliphatic heterocycles. The lowest BCUT2D eigenvalue weighted by molar-refractivity contribution is 0.475. The van der Waals surface area contributed by atoms with E-state index in [9.17, 15) is 5.11 Å². The van der Waals surface area contributed by atoms with Crippen LogP contribution in [0.5, 0.6) is 5.75 Å². The number of thioether (sulfide) groups is 1. The molecule has 0 saturated carbocycles. The van der Waals surface area contributed by atoms with Crippen molar-refractivity contribution in [3.63, 3.8) is 0 Å². The number of rotatable bonds is 6. The van der Waals surface area contributed by atoms with Gasteiger partial charge in [-0.3, -0.25) is 0 Å². The van der Waals surface area contributed by atoms with Gasteiger partial charge in [0, 0.05) is 4.90 Å². The topological polar surface area (TPSA) is 20.2 Å². The van der Waals surface area contributed by atoms with Gasteiger partial charge < -0.3 is 5.11 Å². The molecule has 0 heterocycles. The summed E-state index contributed by atoms with van der Waals surface area (Å²) < 4.78 is 0. The molecule has 0 aliphatic rings. The summed E-state index contributed by atoms with van der Waals surface area (Å²) >= 11 is 19.4. The molecule has 1 nitrogen and oxygen atoms in total. The maximum atomic E-state index is 9.50. The molecule has 1 aromatic carbocycles. The minimum atomic E-state index is -0.145. The van der Waals surface area contributed by atoms with Gasteiger partial charge in [-0.05, 0) is 18.2 Å². The standard InChI is InChI=1S/C12H15Cl3OS/c1-2-3-4-5-6-17-9-7-8(13)12(16)11(15)10(9)14/h7,16H,2-6H2,1H3. The van der Waals surface area contributed by atoms with Crippen molar-refractivity contribution in [2.75, 3.05) is 5.75 Å². The van der Waals surface area contributed by atoms with Crippen LogP contribution in [0.15, 0.2) is 11.0 Å². The highest BCUT2D eigenvalue weighted by molar-refractivity contribution is 7.99. The van der Waals surface area contributed by atoms with Gasteiger partial charge >= 0.3 is 0 Å². The molecular weight excluding hydrogens is 299 g/mol. The molecule has 0 aromatic heterocycles. The lowest BCUT2D eigenvalue weighted by atomic mass is 10.2. The van der Waals surface area contributed by atoms with Crippen molar-refractivity contribution in [2.45, 2.75) is 37.5 Å². The van der Waals surface area contributed by atoms with Gasteiger partial charge in [0.15, 0.2) is 5.75 Å². The van der Waals surface area contributed by atoms with Crippen LogP contribution in [0.25, 0.3) is 0 Å². The van der Waals surface area contributed by atoms with Crippen LogP contribution >= 0.6 is 46.6 Å². The summed E-state index contributed by atoms with van der Waals surface area (Å²) in [5.41, 5.74) is 0. The first-order valence-corrected chi connectivity index (χ1v) is 7.69. The van der Waals surface area contributed by atoms with Crippen LogP contribution in [-0.2, 0) is 0 Å². The van der Waals surface area contributed by atoms with E-state index < -0.39 is 0 Å². The quantitative estimate of drug-likeness (QED) is 0.393. The van der Waals surface area contributed by atoms with Crippen LogP contribution in [0, 0.1) is 0 Å². The average Bonchev–Trinajstić information content (AvgIpc) is 2.32.